The highest BCUT2D eigenvalue weighted by Gasteiger charge is 2.33. The number of phenols is 1. The Balaban J connectivity index is 2.68. The van der Waals surface area contributed by atoms with Crippen molar-refractivity contribution in [2.75, 3.05) is 0 Å². The fourth-order valence-corrected chi connectivity index (χ4v) is 7.43. The highest BCUT2D eigenvalue weighted by Crippen LogP contribution is 2.52. The van der Waals surface area contributed by atoms with Crippen molar-refractivity contribution in [3.05, 3.63) is 58.9 Å². The lowest BCUT2D eigenvalue weighted by molar-refractivity contribution is -0.131. The molecule has 0 fully saturated rings. The predicted octanol–water partition coefficient (Wildman–Crippen LogP) is 10.2. The highest BCUT2D eigenvalue weighted by atomic mass is 32.2. The van der Waals surface area contributed by atoms with Crippen molar-refractivity contribution in [1.29, 1.82) is 0 Å². The van der Waals surface area contributed by atoms with Crippen molar-refractivity contribution in [3.8, 4) is 11.5 Å². The Morgan fingerprint density at radius 2 is 1.20 bits per heavy atom. The Hall–Kier alpha value is -2.05. The molecule has 0 aliphatic heterocycles. The maximum atomic E-state index is 11.2. The van der Waals surface area contributed by atoms with Gasteiger partial charge >= 0.3 is 5.97 Å². The zero-order valence-electron chi connectivity index (χ0n) is 27.0. The van der Waals surface area contributed by atoms with Crippen LogP contribution in [0.5, 0.6) is 11.5 Å². The molecule has 0 amide bonds. The zero-order valence-corrected chi connectivity index (χ0v) is 28.6. The van der Waals surface area contributed by atoms with Crippen LogP contribution < -0.4 is 4.74 Å². The van der Waals surface area contributed by atoms with E-state index in [-0.39, 0.29) is 25.7 Å². The molecule has 0 radical (unpaired) electrons. The van der Waals surface area contributed by atoms with Crippen molar-refractivity contribution >= 4 is 29.5 Å². The third kappa shape index (κ3) is 8.72. The minimum atomic E-state index is -1.05. The number of thioether (sulfide) groups is 2. The van der Waals surface area contributed by atoms with E-state index in [4.69, 9.17) is 9.84 Å². The molecule has 2 aromatic carbocycles. The lowest BCUT2D eigenvalue weighted by Gasteiger charge is -2.33. The van der Waals surface area contributed by atoms with E-state index < -0.39 is 5.97 Å². The van der Waals surface area contributed by atoms with Crippen molar-refractivity contribution in [1.82, 2.24) is 0 Å². The van der Waals surface area contributed by atoms with E-state index in [9.17, 15) is 9.90 Å². The van der Waals surface area contributed by atoms with E-state index in [0.29, 0.717) is 5.75 Å². The molecule has 2 N–H and O–H groups in total. The van der Waals surface area contributed by atoms with Crippen molar-refractivity contribution in [2.24, 2.45) is 0 Å². The van der Waals surface area contributed by atoms with E-state index in [1.54, 1.807) is 23.5 Å². The first kappa shape index (κ1) is 34.2. The molecule has 0 atom stereocenters. The van der Waals surface area contributed by atoms with E-state index in [1.807, 2.05) is 0 Å². The Kier molecular flexibility index (Phi) is 9.97. The van der Waals surface area contributed by atoms with E-state index in [0.717, 1.165) is 43.9 Å². The molecule has 0 aliphatic rings. The van der Waals surface area contributed by atoms with Crippen LogP contribution in [-0.2, 0) is 26.5 Å². The summed E-state index contributed by atoms with van der Waals surface area (Å²) in [6.07, 6.45) is 2.30. The first-order valence-electron chi connectivity index (χ1n) is 13.8. The van der Waals surface area contributed by atoms with Crippen molar-refractivity contribution in [2.45, 2.75) is 132 Å². The van der Waals surface area contributed by atoms with Gasteiger partial charge in [0.1, 0.15) is 11.5 Å². The largest absolute Gasteiger partial charge is 0.507 e. The van der Waals surface area contributed by atoms with Crippen LogP contribution in [-0.4, -0.2) is 20.3 Å². The van der Waals surface area contributed by atoms with Crippen LogP contribution in [0.1, 0.15) is 119 Å². The maximum absolute atomic E-state index is 11.2. The summed E-state index contributed by atoms with van der Waals surface area (Å²) >= 11 is 3.56. The Morgan fingerprint density at radius 1 is 0.725 bits per heavy atom. The SMILES string of the molecule is CC(C)(Sc1cc(C(C)(C)C)c(O)c(C(C)(C)C)c1)Sc1ccc(C(C)(C)C)c(O/C=C/C(=O)O)c1C(C)(C)C. The number of ether oxygens (including phenoxy) is 1. The number of aromatic hydroxyl groups is 1. The van der Waals surface area contributed by atoms with Crippen molar-refractivity contribution < 1.29 is 19.7 Å². The maximum Gasteiger partial charge on any atom is 0.331 e. The van der Waals surface area contributed by atoms with Crippen LogP contribution in [0.3, 0.4) is 0 Å². The number of phenolic OH excluding ortho intramolecular Hbond substituents is 1. The van der Waals surface area contributed by atoms with Crippen LogP contribution in [0, 0.1) is 0 Å². The molecule has 2 aromatic rings. The third-order valence-electron chi connectivity index (χ3n) is 6.49. The first-order valence-corrected chi connectivity index (χ1v) is 15.5. The summed E-state index contributed by atoms with van der Waals surface area (Å²) in [5.74, 6) is 0.0626. The van der Waals surface area contributed by atoms with Crippen LogP contribution in [0.2, 0.25) is 0 Å². The second-order valence-corrected chi connectivity index (χ2v) is 18.7. The third-order valence-corrected chi connectivity index (χ3v) is 9.01. The normalized spacial score (nSPS) is 13.7. The van der Waals surface area contributed by atoms with Gasteiger partial charge in [0.25, 0.3) is 0 Å². The molecule has 40 heavy (non-hydrogen) atoms. The minimum absolute atomic E-state index is 0.196. The second-order valence-electron chi connectivity index (χ2n) is 15.0. The van der Waals surface area contributed by atoms with Crippen LogP contribution >= 0.6 is 23.5 Å². The van der Waals surface area contributed by atoms with Gasteiger partial charge in [-0.1, -0.05) is 89.2 Å². The van der Waals surface area contributed by atoms with Gasteiger partial charge in [-0.25, -0.2) is 4.79 Å². The fraction of sp³-hybridized carbons (Fsp3) is 0.559. The van der Waals surface area contributed by atoms with Gasteiger partial charge in [0, 0.05) is 32.0 Å². The molecule has 0 aromatic heterocycles. The Bertz CT molecular complexity index is 1230. The van der Waals surface area contributed by atoms with Gasteiger partial charge in [0.15, 0.2) is 0 Å². The lowest BCUT2D eigenvalue weighted by Crippen LogP contribution is -2.21. The van der Waals surface area contributed by atoms with Gasteiger partial charge in [-0.3, -0.25) is 0 Å². The molecule has 0 saturated heterocycles. The number of carboxylic acid groups (broad SMARTS) is 1. The topological polar surface area (TPSA) is 66.8 Å². The molecule has 2 rings (SSSR count). The number of hydrogen-bond donors (Lipinski definition) is 2. The molecule has 6 heteroatoms. The van der Waals surface area contributed by atoms with Crippen LogP contribution in [0.4, 0.5) is 0 Å². The van der Waals surface area contributed by atoms with Gasteiger partial charge in [-0.2, -0.15) is 0 Å². The molecular weight excluding hydrogens is 537 g/mol. The number of aliphatic carboxylic acids is 1. The minimum Gasteiger partial charge on any atom is -0.507 e. The summed E-state index contributed by atoms with van der Waals surface area (Å²) in [6, 6.07) is 8.56. The standard InChI is InChI=1S/C34H50O4S2/c1-30(2,3)22-15-16-25(27(33(10,11)12)29(22)38-18-17-26(35)36)40-34(13,14)39-21-19-23(31(4,5)6)28(37)24(20-21)32(7,8)9/h15-20,37H,1-14H3,(H,35,36)/b18-17+. The lowest BCUT2D eigenvalue weighted by atomic mass is 9.79. The number of rotatable bonds is 7. The quantitative estimate of drug-likeness (QED) is 0.146. The van der Waals surface area contributed by atoms with Gasteiger partial charge in [-0.15, -0.1) is 23.5 Å². The van der Waals surface area contributed by atoms with Gasteiger partial charge < -0.3 is 14.9 Å². The van der Waals surface area contributed by atoms with Gasteiger partial charge in [-0.05, 0) is 53.7 Å². The molecule has 0 heterocycles. The summed E-state index contributed by atoms with van der Waals surface area (Å²) in [6.45, 7) is 30.2. The van der Waals surface area contributed by atoms with Crippen LogP contribution in [0.25, 0.3) is 0 Å². The van der Waals surface area contributed by atoms with Gasteiger partial charge in [0.2, 0.25) is 0 Å². The number of carboxylic acids is 1. The Morgan fingerprint density at radius 3 is 1.60 bits per heavy atom. The average molecular weight is 587 g/mol. The van der Waals surface area contributed by atoms with E-state index >= 15 is 0 Å². The van der Waals surface area contributed by atoms with Crippen molar-refractivity contribution in [3.63, 3.8) is 0 Å². The smallest absolute Gasteiger partial charge is 0.331 e. The zero-order chi connectivity index (χ0) is 31.1. The molecular formula is C34H50O4S2. The fourth-order valence-electron chi connectivity index (χ4n) is 4.61. The molecule has 0 saturated carbocycles. The molecule has 0 unspecified atom stereocenters. The molecule has 0 bridgehead atoms. The first-order chi connectivity index (χ1) is 17.8. The van der Waals surface area contributed by atoms with Gasteiger partial charge in [0.05, 0.1) is 16.4 Å². The molecule has 0 spiro atoms. The van der Waals surface area contributed by atoms with Crippen LogP contribution in [0.15, 0.2) is 46.4 Å². The predicted molar refractivity (Wildman–Crippen MR) is 173 cm³/mol. The number of hydrogen-bond acceptors (Lipinski definition) is 5. The molecule has 4 nitrogen and oxygen atoms in total. The van der Waals surface area contributed by atoms with E-state index in [2.05, 4.69) is 121 Å². The van der Waals surface area contributed by atoms with E-state index in [1.165, 1.54) is 6.26 Å². The summed E-state index contributed by atoms with van der Waals surface area (Å²) in [5, 5.41) is 20.4. The number of carbonyl (C=O) groups is 1. The summed E-state index contributed by atoms with van der Waals surface area (Å²) in [5.41, 5.74) is 3.15. The second kappa shape index (κ2) is 11.7. The Labute approximate surface area is 251 Å². The molecule has 0 aliphatic carbocycles. The summed E-state index contributed by atoms with van der Waals surface area (Å²) in [4.78, 5) is 13.4. The monoisotopic (exact) mass is 586 g/mol. The highest BCUT2D eigenvalue weighted by molar-refractivity contribution is 8.18. The number of benzene rings is 2. The summed E-state index contributed by atoms with van der Waals surface area (Å²) in [7, 11) is 0. The average Bonchev–Trinajstić information content (AvgIpc) is 2.70. The molecule has 222 valence electrons. The summed E-state index contributed by atoms with van der Waals surface area (Å²) < 4.78 is 5.85.